The van der Waals surface area contributed by atoms with Gasteiger partial charge >= 0.3 is 0 Å². The molecule has 0 bridgehead atoms. The van der Waals surface area contributed by atoms with E-state index in [2.05, 4.69) is 0 Å². The van der Waals surface area contributed by atoms with Crippen LogP contribution >= 0.6 is 11.6 Å². The van der Waals surface area contributed by atoms with Crippen LogP contribution in [0.4, 0.5) is 4.39 Å². The van der Waals surface area contributed by atoms with Gasteiger partial charge in [-0.2, -0.15) is 4.31 Å². The van der Waals surface area contributed by atoms with Gasteiger partial charge in [0.1, 0.15) is 5.82 Å². The minimum atomic E-state index is -3.70. The van der Waals surface area contributed by atoms with E-state index >= 15 is 0 Å². The number of aliphatic hydroxyl groups is 1. The summed E-state index contributed by atoms with van der Waals surface area (Å²) in [5.41, 5.74) is 0. The van der Waals surface area contributed by atoms with Gasteiger partial charge in [-0.05, 0) is 37.5 Å². The van der Waals surface area contributed by atoms with E-state index in [9.17, 15) is 12.8 Å². The lowest BCUT2D eigenvalue weighted by atomic mass is 10.0. The maximum absolute atomic E-state index is 13.2. The fourth-order valence-electron chi connectivity index (χ4n) is 2.50. The van der Waals surface area contributed by atoms with Crippen LogP contribution in [0.2, 0.25) is 5.02 Å². The Bertz CT molecular complexity index is 577. The first-order valence-corrected chi connectivity index (χ1v) is 8.36. The van der Waals surface area contributed by atoms with Crippen molar-refractivity contribution in [1.82, 2.24) is 4.31 Å². The van der Waals surface area contributed by atoms with Crippen molar-refractivity contribution in [2.45, 2.75) is 36.6 Å². The van der Waals surface area contributed by atoms with Crippen molar-refractivity contribution in [3.8, 4) is 0 Å². The van der Waals surface area contributed by atoms with E-state index in [1.165, 1.54) is 10.4 Å². The Morgan fingerprint density at radius 2 is 2.15 bits per heavy atom. The number of hydrogen-bond donors (Lipinski definition) is 1. The molecular weight excluding hydrogens is 305 g/mol. The molecular formula is C13H17ClFNO3S. The highest BCUT2D eigenvalue weighted by Crippen LogP contribution is 2.28. The third-order valence-electron chi connectivity index (χ3n) is 3.53. The summed E-state index contributed by atoms with van der Waals surface area (Å²) in [5, 5.41) is 8.85. The van der Waals surface area contributed by atoms with Crippen LogP contribution in [0.1, 0.15) is 25.7 Å². The molecule has 7 heteroatoms. The van der Waals surface area contributed by atoms with Crippen molar-refractivity contribution >= 4 is 21.6 Å². The van der Waals surface area contributed by atoms with Gasteiger partial charge < -0.3 is 5.11 Å². The number of sulfonamides is 1. The fourth-order valence-corrected chi connectivity index (χ4v) is 4.50. The molecule has 1 N–H and O–H groups in total. The van der Waals surface area contributed by atoms with Gasteiger partial charge in [-0.15, -0.1) is 0 Å². The maximum atomic E-state index is 13.2. The zero-order chi connectivity index (χ0) is 14.8. The molecule has 1 fully saturated rings. The summed E-state index contributed by atoms with van der Waals surface area (Å²) in [6, 6.07) is 3.21. The van der Waals surface area contributed by atoms with E-state index in [0.717, 1.165) is 31.4 Å². The topological polar surface area (TPSA) is 57.6 Å². The van der Waals surface area contributed by atoms with Gasteiger partial charge in [-0.25, -0.2) is 12.8 Å². The molecule has 1 heterocycles. The third-order valence-corrected chi connectivity index (χ3v) is 5.77. The first kappa shape index (κ1) is 15.7. The highest BCUT2D eigenvalue weighted by atomic mass is 35.5. The molecule has 4 nitrogen and oxygen atoms in total. The van der Waals surface area contributed by atoms with E-state index in [4.69, 9.17) is 16.7 Å². The molecule has 20 heavy (non-hydrogen) atoms. The Morgan fingerprint density at radius 1 is 1.40 bits per heavy atom. The van der Waals surface area contributed by atoms with Gasteiger partial charge in [0, 0.05) is 19.2 Å². The molecule has 0 aliphatic carbocycles. The molecule has 1 saturated heterocycles. The average Bonchev–Trinajstić information content (AvgIpc) is 2.42. The maximum Gasteiger partial charge on any atom is 0.243 e. The Balaban J connectivity index is 2.34. The van der Waals surface area contributed by atoms with Crippen LogP contribution < -0.4 is 0 Å². The zero-order valence-electron chi connectivity index (χ0n) is 10.9. The predicted molar refractivity (Wildman–Crippen MR) is 74.6 cm³/mol. The van der Waals surface area contributed by atoms with Gasteiger partial charge in [-0.1, -0.05) is 18.0 Å². The molecule has 112 valence electrons. The lowest BCUT2D eigenvalue weighted by molar-refractivity contribution is 0.192. The van der Waals surface area contributed by atoms with Crippen molar-refractivity contribution in [2.75, 3.05) is 13.2 Å². The zero-order valence-corrected chi connectivity index (χ0v) is 12.5. The van der Waals surface area contributed by atoms with Crippen molar-refractivity contribution < 1.29 is 17.9 Å². The van der Waals surface area contributed by atoms with Crippen LogP contribution in [0.5, 0.6) is 0 Å². The van der Waals surface area contributed by atoms with E-state index in [-0.39, 0.29) is 22.6 Å². The molecule has 0 amide bonds. The largest absolute Gasteiger partial charge is 0.396 e. The Hall–Kier alpha value is -0.690. The lowest BCUT2D eigenvalue weighted by Crippen LogP contribution is -2.44. The van der Waals surface area contributed by atoms with Crippen molar-refractivity contribution in [3.63, 3.8) is 0 Å². The molecule has 1 aliphatic rings. The second kappa shape index (κ2) is 6.39. The van der Waals surface area contributed by atoms with Crippen LogP contribution in [0.15, 0.2) is 23.1 Å². The van der Waals surface area contributed by atoms with Crippen molar-refractivity contribution in [2.24, 2.45) is 0 Å². The Kier molecular flexibility index (Phi) is 5.01. The molecule has 2 rings (SSSR count). The number of benzene rings is 1. The van der Waals surface area contributed by atoms with Gasteiger partial charge in [-0.3, -0.25) is 0 Å². The van der Waals surface area contributed by atoms with Crippen LogP contribution in [-0.4, -0.2) is 37.0 Å². The van der Waals surface area contributed by atoms with E-state index < -0.39 is 15.8 Å². The van der Waals surface area contributed by atoms with Gasteiger partial charge in [0.15, 0.2) is 0 Å². The minimum absolute atomic E-state index is 0.00580. The molecule has 1 atom stereocenters. The average molecular weight is 322 g/mol. The Morgan fingerprint density at radius 3 is 2.80 bits per heavy atom. The number of piperidine rings is 1. The summed E-state index contributed by atoms with van der Waals surface area (Å²) in [6.45, 7) is 0.364. The van der Waals surface area contributed by atoms with Crippen molar-refractivity contribution in [3.05, 3.63) is 29.0 Å². The molecule has 0 radical (unpaired) electrons. The monoisotopic (exact) mass is 321 g/mol. The number of halogens is 2. The smallest absolute Gasteiger partial charge is 0.243 e. The molecule has 0 aromatic heterocycles. The number of aliphatic hydroxyl groups excluding tert-OH is 1. The summed E-state index contributed by atoms with van der Waals surface area (Å²) in [4.78, 5) is -0.00580. The molecule has 1 aromatic carbocycles. The number of hydrogen-bond acceptors (Lipinski definition) is 3. The SMILES string of the molecule is O=S(=O)(c1ccc(F)c(Cl)c1)N1CCCCC1CCO. The predicted octanol–water partition coefficient (Wildman–Crippen LogP) is 2.40. The van der Waals surface area contributed by atoms with Gasteiger partial charge in [0.05, 0.1) is 9.92 Å². The summed E-state index contributed by atoms with van der Waals surface area (Å²) < 4.78 is 39.8. The highest BCUT2D eigenvalue weighted by Gasteiger charge is 2.33. The third kappa shape index (κ3) is 3.14. The van der Waals surface area contributed by atoms with Crippen LogP contribution in [0.3, 0.4) is 0 Å². The minimum Gasteiger partial charge on any atom is -0.396 e. The van der Waals surface area contributed by atoms with E-state index in [0.29, 0.717) is 13.0 Å². The molecule has 0 spiro atoms. The molecule has 1 aromatic rings. The fraction of sp³-hybridized carbons (Fsp3) is 0.538. The Labute approximate surface area is 123 Å². The summed E-state index contributed by atoms with van der Waals surface area (Å²) in [5.74, 6) is -0.642. The normalized spacial score (nSPS) is 21.1. The number of nitrogens with zero attached hydrogens (tertiary/aromatic N) is 1. The standard InChI is InChI=1S/C13H17ClFNO3S/c14-12-9-11(4-5-13(12)15)20(18,19)16-7-2-1-3-10(16)6-8-17/h4-5,9-10,17H,1-3,6-8H2. The highest BCUT2D eigenvalue weighted by molar-refractivity contribution is 7.89. The first-order valence-electron chi connectivity index (χ1n) is 6.54. The second-order valence-electron chi connectivity index (χ2n) is 4.85. The lowest BCUT2D eigenvalue weighted by Gasteiger charge is -2.34. The quantitative estimate of drug-likeness (QED) is 0.926. The van der Waals surface area contributed by atoms with E-state index in [1.807, 2.05) is 0 Å². The van der Waals surface area contributed by atoms with Crippen LogP contribution in [-0.2, 0) is 10.0 Å². The second-order valence-corrected chi connectivity index (χ2v) is 7.15. The summed E-state index contributed by atoms with van der Waals surface area (Å²) in [6.07, 6.45) is 2.87. The van der Waals surface area contributed by atoms with Gasteiger partial charge in [0.25, 0.3) is 0 Å². The number of rotatable bonds is 4. The molecule has 0 saturated carbocycles. The molecule has 1 aliphatic heterocycles. The van der Waals surface area contributed by atoms with Crippen LogP contribution in [0.25, 0.3) is 0 Å². The first-order chi connectivity index (χ1) is 9.46. The van der Waals surface area contributed by atoms with E-state index in [1.54, 1.807) is 0 Å². The van der Waals surface area contributed by atoms with Crippen LogP contribution in [0, 0.1) is 5.82 Å². The van der Waals surface area contributed by atoms with Crippen molar-refractivity contribution in [1.29, 1.82) is 0 Å². The summed E-state index contributed by atoms with van der Waals surface area (Å²) in [7, 11) is -3.70. The summed E-state index contributed by atoms with van der Waals surface area (Å²) >= 11 is 5.66. The van der Waals surface area contributed by atoms with Gasteiger partial charge in [0.2, 0.25) is 10.0 Å². The molecule has 1 unspecified atom stereocenters.